The highest BCUT2D eigenvalue weighted by Crippen LogP contribution is 2.29. The van der Waals surface area contributed by atoms with Crippen molar-refractivity contribution in [3.8, 4) is 5.75 Å². The second kappa shape index (κ2) is 7.77. The molecule has 1 heterocycles. The Hall–Kier alpha value is -1.64. The molecule has 8 heteroatoms. The molecule has 0 radical (unpaired) electrons. The van der Waals surface area contributed by atoms with Crippen molar-refractivity contribution in [3.63, 3.8) is 0 Å². The molecule has 1 saturated heterocycles. The largest absolute Gasteiger partial charge is 0.495 e. The second-order valence-electron chi connectivity index (χ2n) is 7.79. The minimum absolute atomic E-state index is 0.00816. The number of methoxy groups -OCH3 is 1. The van der Waals surface area contributed by atoms with E-state index in [4.69, 9.17) is 9.47 Å². The first-order chi connectivity index (χ1) is 12.7. The normalized spacial score (nSPS) is 20.6. The van der Waals surface area contributed by atoms with Crippen LogP contribution in [0.3, 0.4) is 0 Å². The van der Waals surface area contributed by atoms with Gasteiger partial charge in [0.25, 0.3) is 5.91 Å². The molecule has 1 N–H and O–H groups in total. The average molecular weight is 397 g/mol. The van der Waals surface area contributed by atoms with Crippen LogP contribution in [-0.4, -0.2) is 57.7 Å². The molecule has 2 aliphatic rings. The van der Waals surface area contributed by atoms with Crippen molar-refractivity contribution < 1.29 is 22.7 Å². The fourth-order valence-corrected chi connectivity index (χ4v) is 5.24. The maximum Gasteiger partial charge on any atom is 0.254 e. The summed E-state index contributed by atoms with van der Waals surface area (Å²) in [5.41, 5.74) is -0.117. The van der Waals surface area contributed by atoms with Crippen molar-refractivity contribution in [1.29, 1.82) is 0 Å². The lowest BCUT2D eigenvalue weighted by Gasteiger charge is -2.42. The van der Waals surface area contributed by atoms with Crippen molar-refractivity contribution >= 4 is 15.9 Å². The van der Waals surface area contributed by atoms with Crippen LogP contribution in [0.5, 0.6) is 5.75 Å². The standard InChI is InChI=1S/C19H28N2O5S/c1-19(2)13-26-11-10-21(19)18(22)14-8-9-16(25-3)17(12-14)27(23,24)20-15-6-4-5-7-15/h8-9,12,15,20H,4-7,10-11,13H2,1-3H3. The van der Waals surface area contributed by atoms with E-state index in [1.54, 1.807) is 17.0 Å². The van der Waals surface area contributed by atoms with E-state index in [9.17, 15) is 13.2 Å². The van der Waals surface area contributed by atoms with E-state index in [1.165, 1.54) is 13.2 Å². The SMILES string of the molecule is COc1ccc(C(=O)N2CCOCC2(C)C)cc1S(=O)(=O)NC1CCCC1. The monoisotopic (exact) mass is 396 g/mol. The third kappa shape index (κ3) is 4.28. The van der Waals surface area contributed by atoms with Gasteiger partial charge in [0.05, 0.1) is 25.9 Å². The number of sulfonamides is 1. The fraction of sp³-hybridized carbons (Fsp3) is 0.632. The third-order valence-corrected chi connectivity index (χ3v) is 6.81. The number of hydrogen-bond donors (Lipinski definition) is 1. The number of amides is 1. The number of carbonyl (C=O) groups is 1. The smallest absolute Gasteiger partial charge is 0.254 e. The molecule has 7 nitrogen and oxygen atoms in total. The summed E-state index contributed by atoms with van der Waals surface area (Å²) in [6, 6.07) is 4.52. The zero-order chi connectivity index (χ0) is 19.7. The third-order valence-electron chi connectivity index (χ3n) is 5.27. The summed E-state index contributed by atoms with van der Waals surface area (Å²) in [4.78, 5) is 14.8. The lowest BCUT2D eigenvalue weighted by Crippen LogP contribution is -2.55. The summed E-state index contributed by atoms with van der Waals surface area (Å²) in [6.07, 6.45) is 3.72. The molecule has 150 valence electrons. The number of rotatable bonds is 5. The molecule has 0 aromatic heterocycles. The first-order valence-electron chi connectivity index (χ1n) is 9.35. The van der Waals surface area contributed by atoms with Crippen molar-refractivity contribution in [2.75, 3.05) is 26.9 Å². The van der Waals surface area contributed by atoms with Crippen LogP contribution in [-0.2, 0) is 14.8 Å². The average Bonchev–Trinajstić information content (AvgIpc) is 3.12. The summed E-state index contributed by atoms with van der Waals surface area (Å²) in [5.74, 6) is 0.0292. The fourth-order valence-electron chi connectivity index (χ4n) is 3.74. The molecule has 1 aromatic carbocycles. The van der Waals surface area contributed by atoms with Crippen LogP contribution in [0, 0.1) is 0 Å². The van der Waals surface area contributed by atoms with E-state index in [-0.39, 0.29) is 22.6 Å². The van der Waals surface area contributed by atoms with E-state index >= 15 is 0 Å². The molecule has 1 amide bonds. The van der Waals surface area contributed by atoms with Gasteiger partial charge in [0.15, 0.2) is 0 Å². The summed E-state index contributed by atoms with van der Waals surface area (Å²) < 4.78 is 39.3. The quantitative estimate of drug-likeness (QED) is 0.824. The van der Waals surface area contributed by atoms with Gasteiger partial charge in [0, 0.05) is 18.2 Å². The molecule has 0 bridgehead atoms. The van der Waals surface area contributed by atoms with E-state index in [0.29, 0.717) is 25.3 Å². The number of carbonyl (C=O) groups excluding carboxylic acids is 1. The first-order valence-corrected chi connectivity index (χ1v) is 10.8. The maximum absolute atomic E-state index is 13.1. The molecule has 0 spiro atoms. The van der Waals surface area contributed by atoms with E-state index in [1.807, 2.05) is 13.8 Å². The van der Waals surface area contributed by atoms with Crippen LogP contribution in [0.2, 0.25) is 0 Å². The molecule has 1 saturated carbocycles. The highest BCUT2D eigenvalue weighted by atomic mass is 32.2. The van der Waals surface area contributed by atoms with Gasteiger partial charge in [-0.2, -0.15) is 0 Å². The van der Waals surface area contributed by atoms with Gasteiger partial charge in [-0.05, 0) is 44.9 Å². The van der Waals surface area contributed by atoms with Gasteiger partial charge >= 0.3 is 0 Å². The van der Waals surface area contributed by atoms with Crippen LogP contribution < -0.4 is 9.46 Å². The number of nitrogens with zero attached hydrogens (tertiary/aromatic N) is 1. The van der Waals surface area contributed by atoms with Crippen LogP contribution in [0.25, 0.3) is 0 Å². The Bertz CT molecular complexity index is 800. The molecule has 0 atom stereocenters. The molecule has 0 unspecified atom stereocenters. The van der Waals surface area contributed by atoms with Gasteiger partial charge in [0.2, 0.25) is 10.0 Å². The molecular weight excluding hydrogens is 368 g/mol. The number of nitrogens with one attached hydrogen (secondary N) is 1. The van der Waals surface area contributed by atoms with Crippen molar-refractivity contribution in [2.24, 2.45) is 0 Å². The van der Waals surface area contributed by atoms with Gasteiger partial charge in [-0.3, -0.25) is 4.79 Å². The predicted octanol–water partition coefficient (Wildman–Crippen LogP) is 2.17. The number of benzene rings is 1. The summed E-state index contributed by atoms with van der Waals surface area (Å²) in [6.45, 7) is 5.27. The second-order valence-corrected chi connectivity index (χ2v) is 9.47. The Morgan fingerprint density at radius 3 is 2.63 bits per heavy atom. The van der Waals surface area contributed by atoms with E-state index < -0.39 is 15.6 Å². The molecular formula is C19H28N2O5S. The summed E-state index contributed by atoms with van der Waals surface area (Å²) in [5, 5.41) is 0. The van der Waals surface area contributed by atoms with Gasteiger partial charge in [-0.1, -0.05) is 12.8 Å². The Kier molecular flexibility index (Phi) is 5.79. The van der Waals surface area contributed by atoms with Crippen LogP contribution >= 0.6 is 0 Å². The summed E-state index contributed by atoms with van der Waals surface area (Å²) in [7, 11) is -2.35. The van der Waals surface area contributed by atoms with Crippen LogP contribution in [0.1, 0.15) is 49.9 Å². The zero-order valence-corrected chi connectivity index (χ0v) is 17.0. The predicted molar refractivity (Wildman–Crippen MR) is 102 cm³/mol. The van der Waals surface area contributed by atoms with Crippen molar-refractivity contribution in [3.05, 3.63) is 23.8 Å². The Morgan fingerprint density at radius 1 is 1.30 bits per heavy atom. The summed E-state index contributed by atoms with van der Waals surface area (Å²) >= 11 is 0. The number of morpholine rings is 1. The maximum atomic E-state index is 13.1. The van der Waals surface area contributed by atoms with Gasteiger partial charge in [-0.25, -0.2) is 13.1 Å². The van der Waals surface area contributed by atoms with E-state index in [2.05, 4.69) is 4.72 Å². The molecule has 2 fully saturated rings. The lowest BCUT2D eigenvalue weighted by molar-refractivity contribution is -0.0370. The molecule has 27 heavy (non-hydrogen) atoms. The number of ether oxygens (including phenoxy) is 2. The van der Waals surface area contributed by atoms with Gasteiger partial charge in [0.1, 0.15) is 10.6 Å². The van der Waals surface area contributed by atoms with Crippen LogP contribution in [0.4, 0.5) is 0 Å². The highest BCUT2D eigenvalue weighted by Gasteiger charge is 2.35. The number of hydrogen-bond acceptors (Lipinski definition) is 5. The van der Waals surface area contributed by atoms with Gasteiger partial charge < -0.3 is 14.4 Å². The topological polar surface area (TPSA) is 84.9 Å². The lowest BCUT2D eigenvalue weighted by atomic mass is 10.0. The van der Waals surface area contributed by atoms with Crippen molar-refractivity contribution in [1.82, 2.24) is 9.62 Å². The Morgan fingerprint density at radius 2 is 2.00 bits per heavy atom. The minimum Gasteiger partial charge on any atom is -0.495 e. The van der Waals surface area contributed by atoms with Gasteiger partial charge in [-0.15, -0.1) is 0 Å². The molecule has 3 rings (SSSR count). The minimum atomic E-state index is -3.77. The first kappa shape index (κ1) is 20.1. The zero-order valence-electron chi connectivity index (χ0n) is 16.2. The van der Waals surface area contributed by atoms with Crippen LogP contribution in [0.15, 0.2) is 23.1 Å². The molecule has 1 aliphatic heterocycles. The Balaban J connectivity index is 1.92. The molecule has 1 aromatic rings. The Labute approximate surface area is 161 Å². The van der Waals surface area contributed by atoms with E-state index in [0.717, 1.165) is 25.7 Å². The molecule has 1 aliphatic carbocycles. The highest BCUT2D eigenvalue weighted by molar-refractivity contribution is 7.89. The van der Waals surface area contributed by atoms with Crippen molar-refractivity contribution in [2.45, 2.75) is 56.0 Å².